The quantitative estimate of drug-likeness (QED) is 0.263. The number of ether oxygens (including phenoxy) is 1. The van der Waals surface area contributed by atoms with Gasteiger partial charge in [-0.15, -0.1) is 0 Å². The second-order valence-corrected chi connectivity index (χ2v) is 9.57. The van der Waals surface area contributed by atoms with Crippen molar-refractivity contribution in [3.05, 3.63) is 86.6 Å². The summed E-state index contributed by atoms with van der Waals surface area (Å²) in [5.41, 5.74) is 0.927. The zero-order valence-corrected chi connectivity index (χ0v) is 19.1. The molecule has 34 heavy (non-hydrogen) atoms. The molecule has 2 amide bonds. The predicted molar refractivity (Wildman–Crippen MR) is 121 cm³/mol. The Labute approximate surface area is 201 Å². The molecular formula is C22H18ClN3O7S. The third-order valence-electron chi connectivity index (χ3n) is 5.31. The van der Waals surface area contributed by atoms with Gasteiger partial charge in [0, 0.05) is 12.1 Å². The van der Waals surface area contributed by atoms with E-state index in [-0.39, 0.29) is 35.2 Å². The van der Waals surface area contributed by atoms with Crippen LogP contribution < -0.4 is 5.32 Å². The average molecular weight is 504 g/mol. The lowest BCUT2D eigenvalue weighted by atomic mass is 10.0. The molecule has 0 saturated carbocycles. The minimum absolute atomic E-state index is 0.0463. The van der Waals surface area contributed by atoms with Crippen molar-refractivity contribution in [2.45, 2.75) is 24.4 Å². The van der Waals surface area contributed by atoms with Gasteiger partial charge < -0.3 is 10.1 Å². The summed E-state index contributed by atoms with van der Waals surface area (Å²) in [5.74, 6) is -2.08. The number of hydrogen-bond donors (Lipinski definition) is 1. The number of amides is 2. The van der Waals surface area contributed by atoms with Crippen LogP contribution in [-0.2, 0) is 42.9 Å². The van der Waals surface area contributed by atoms with E-state index in [0.717, 1.165) is 10.5 Å². The highest BCUT2D eigenvalue weighted by Gasteiger charge is 2.57. The van der Waals surface area contributed by atoms with E-state index in [4.69, 9.17) is 16.3 Å². The summed E-state index contributed by atoms with van der Waals surface area (Å²) >= 11 is 6.16. The normalized spacial score (nSPS) is 21.4. The molecule has 1 fully saturated rings. The molecule has 4 rings (SSSR count). The molecule has 1 N–H and O–H groups in total. The fourth-order valence-electron chi connectivity index (χ4n) is 3.66. The van der Waals surface area contributed by atoms with Gasteiger partial charge in [-0.2, -0.15) is 0 Å². The number of β-lactam (4-membered cyclic amide) rings is 1. The highest BCUT2D eigenvalue weighted by atomic mass is 35.5. The molecule has 2 aromatic rings. The third-order valence-corrected chi connectivity index (χ3v) is 7.38. The van der Waals surface area contributed by atoms with Crippen LogP contribution in [0.25, 0.3) is 0 Å². The van der Waals surface area contributed by atoms with Crippen LogP contribution in [0.5, 0.6) is 0 Å². The number of fused-ring (bicyclic) bond motifs is 1. The summed E-state index contributed by atoms with van der Waals surface area (Å²) in [4.78, 5) is 49.1. The number of hydrogen-bond acceptors (Lipinski definition) is 7. The molecule has 0 bridgehead atoms. The summed E-state index contributed by atoms with van der Waals surface area (Å²) in [7, 11) is -1.63. The van der Waals surface area contributed by atoms with Gasteiger partial charge in [-0.1, -0.05) is 41.9 Å². The van der Waals surface area contributed by atoms with Crippen LogP contribution in [0.2, 0.25) is 0 Å². The number of rotatable bonds is 7. The Morgan fingerprint density at radius 3 is 2.47 bits per heavy atom. The van der Waals surface area contributed by atoms with E-state index < -0.39 is 44.9 Å². The van der Waals surface area contributed by atoms with Gasteiger partial charge in [-0.25, -0.2) is 4.79 Å². The van der Waals surface area contributed by atoms with Crippen molar-refractivity contribution in [1.82, 2.24) is 10.2 Å². The number of halogens is 1. The molecule has 1 saturated heterocycles. The summed E-state index contributed by atoms with van der Waals surface area (Å²) in [6.45, 7) is -0.211. The van der Waals surface area contributed by atoms with Gasteiger partial charge in [0.15, 0.2) is 0 Å². The van der Waals surface area contributed by atoms with Gasteiger partial charge in [-0.3, -0.25) is 28.8 Å². The molecule has 2 aromatic carbocycles. The number of carbonyl (C=O) groups excluding carboxylic acids is 3. The van der Waals surface area contributed by atoms with E-state index >= 15 is 0 Å². The standard InChI is InChI=1S/C22H18ClN3O7S/c23-16-12-34(32)21-18(24-17(27)10-13-4-2-1-3-5-13)20(28)25(21)19(16)22(29)33-11-14-6-8-15(9-7-14)26(30)31/h1-9,18,21H,10-12H2,(H,24,27)/t18?,21-,34?/m0/s1. The SMILES string of the molecule is O=C(Cc1ccccc1)NC1C(=O)N2C(C(=O)OCc3ccc([N+](=O)[O-])cc3)=C(Cl)CS(=O)[C@@H]12. The fourth-order valence-corrected chi connectivity index (χ4v) is 5.64. The summed E-state index contributed by atoms with van der Waals surface area (Å²) in [5, 5.41) is 12.3. The number of nitro groups is 1. The first-order valence-corrected chi connectivity index (χ1v) is 11.8. The Morgan fingerprint density at radius 2 is 1.82 bits per heavy atom. The van der Waals surface area contributed by atoms with Crippen LogP contribution in [-0.4, -0.2) is 49.0 Å². The van der Waals surface area contributed by atoms with Crippen LogP contribution in [0, 0.1) is 10.1 Å². The van der Waals surface area contributed by atoms with Crippen molar-refractivity contribution >= 4 is 45.9 Å². The lowest BCUT2D eigenvalue weighted by Crippen LogP contribution is -2.73. The smallest absolute Gasteiger partial charge is 0.356 e. The lowest BCUT2D eigenvalue weighted by molar-refractivity contribution is -0.384. The molecule has 0 spiro atoms. The van der Waals surface area contributed by atoms with E-state index in [9.17, 15) is 28.7 Å². The topological polar surface area (TPSA) is 136 Å². The Morgan fingerprint density at radius 1 is 1.15 bits per heavy atom. The molecule has 0 aliphatic carbocycles. The number of nitrogens with one attached hydrogen (secondary N) is 1. The molecule has 0 radical (unpaired) electrons. The molecule has 12 heteroatoms. The maximum Gasteiger partial charge on any atom is 0.356 e. The number of benzene rings is 2. The van der Waals surface area contributed by atoms with Gasteiger partial charge in [0.05, 0.1) is 32.9 Å². The Bertz CT molecular complexity index is 1220. The second-order valence-electron chi connectivity index (χ2n) is 7.58. The van der Waals surface area contributed by atoms with Crippen molar-refractivity contribution in [1.29, 1.82) is 0 Å². The Balaban J connectivity index is 1.42. The minimum atomic E-state index is -1.63. The van der Waals surface area contributed by atoms with E-state index in [2.05, 4.69) is 5.32 Å². The summed E-state index contributed by atoms with van der Waals surface area (Å²) in [6.07, 6.45) is 0.0463. The van der Waals surface area contributed by atoms with Gasteiger partial charge in [0.25, 0.3) is 11.6 Å². The molecule has 2 aliphatic heterocycles. The lowest BCUT2D eigenvalue weighted by Gasteiger charge is -2.48. The Hall–Kier alpha value is -3.57. The second kappa shape index (κ2) is 9.74. The van der Waals surface area contributed by atoms with Crippen LogP contribution >= 0.6 is 11.6 Å². The predicted octanol–water partition coefficient (Wildman–Crippen LogP) is 1.75. The molecule has 10 nitrogen and oxygen atoms in total. The molecular weight excluding hydrogens is 486 g/mol. The molecule has 2 unspecified atom stereocenters. The van der Waals surface area contributed by atoms with Crippen molar-refractivity contribution in [3.63, 3.8) is 0 Å². The third kappa shape index (κ3) is 4.70. The first-order chi connectivity index (χ1) is 16.3. The number of carbonyl (C=O) groups is 3. The maximum absolute atomic E-state index is 12.8. The average Bonchev–Trinajstić information content (AvgIpc) is 2.81. The van der Waals surface area contributed by atoms with Crippen LogP contribution in [0.1, 0.15) is 11.1 Å². The highest BCUT2D eigenvalue weighted by molar-refractivity contribution is 7.86. The molecule has 2 heterocycles. The fraction of sp³-hybridized carbons (Fsp3) is 0.227. The van der Waals surface area contributed by atoms with E-state index in [1.54, 1.807) is 24.3 Å². The van der Waals surface area contributed by atoms with Gasteiger partial charge in [-0.05, 0) is 23.3 Å². The zero-order valence-electron chi connectivity index (χ0n) is 17.5. The molecule has 176 valence electrons. The van der Waals surface area contributed by atoms with Crippen LogP contribution in [0.4, 0.5) is 5.69 Å². The van der Waals surface area contributed by atoms with E-state index in [1.165, 1.54) is 24.3 Å². The minimum Gasteiger partial charge on any atom is -0.456 e. The maximum atomic E-state index is 12.8. The zero-order chi connectivity index (χ0) is 24.4. The Kier molecular flexibility index (Phi) is 6.75. The molecule has 2 aliphatic rings. The molecule has 0 aromatic heterocycles. The van der Waals surface area contributed by atoms with Crippen molar-refractivity contribution in [3.8, 4) is 0 Å². The van der Waals surface area contributed by atoms with Crippen LogP contribution in [0.3, 0.4) is 0 Å². The number of non-ortho nitro benzene ring substituents is 1. The van der Waals surface area contributed by atoms with Crippen molar-refractivity contribution in [2.24, 2.45) is 0 Å². The van der Waals surface area contributed by atoms with Crippen molar-refractivity contribution < 1.29 is 28.3 Å². The van der Waals surface area contributed by atoms with E-state index in [1.807, 2.05) is 6.07 Å². The van der Waals surface area contributed by atoms with Gasteiger partial charge in [0.2, 0.25) is 5.91 Å². The summed E-state index contributed by atoms with van der Waals surface area (Å²) < 4.78 is 17.9. The summed E-state index contributed by atoms with van der Waals surface area (Å²) in [6, 6.07) is 13.3. The number of nitro benzene ring substituents is 1. The number of esters is 1. The highest BCUT2D eigenvalue weighted by Crippen LogP contribution is 2.36. The van der Waals surface area contributed by atoms with Gasteiger partial charge >= 0.3 is 5.97 Å². The molecule has 3 atom stereocenters. The van der Waals surface area contributed by atoms with Crippen LogP contribution in [0.15, 0.2) is 65.3 Å². The van der Waals surface area contributed by atoms with Gasteiger partial charge in [0.1, 0.15) is 23.7 Å². The van der Waals surface area contributed by atoms with Crippen molar-refractivity contribution in [2.75, 3.05) is 5.75 Å². The first kappa shape index (κ1) is 23.6. The number of nitrogens with zero attached hydrogens (tertiary/aromatic N) is 2. The monoisotopic (exact) mass is 503 g/mol. The first-order valence-electron chi connectivity index (χ1n) is 10.1. The van der Waals surface area contributed by atoms with E-state index in [0.29, 0.717) is 5.56 Å². The largest absolute Gasteiger partial charge is 0.456 e.